The normalized spacial score (nSPS) is 13.5. The Labute approximate surface area is 177 Å². The van der Waals surface area contributed by atoms with Crippen LogP contribution in [0.15, 0.2) is 58.2 Å². The maximum Gasteiger partial charge on any atom is 0.264 e. The van der Waals surface area contributed by atoms with Gasteiger partial charge in [-0.1, -0.05) is 12.1 Å². The van der Waals surface area contributed by atoms with E-state index in [0.29, 0.717) is 17.0 Å². The van der Waals surface area contributed by atoms with Gasteiger partial charge in [-0.05, 0) is 31.0 Å². The topological polar surface area (TPSA) is 132 Å². The molecule has 0 saturated carbocycles. The van der Waals surface area contributed by atoms with E-state index in [1.54, 1.807) is 24.3 Å². The Morgan fingerprint density at radius 1 is 1.29 bits per heavy atom. The van der Waals surface area contributed by atoms with Crippen LogP contribution in [0.25, 0.3) is 22.6 Å². The van der Waals surface area contributed by atoms with Crippen molar-refractivity contribution in [2.45, 2.75) is 24.6 Å². The fourth-order valence-corrected chi connectivity index (χ4v) is 3.86. The number of carbonyl (C=O) groups excluding carboxylic acids is 1. The average Bonchev–Trinajstić information content (AvgIpc) is 3.27. The summed E-state index contributed by atoms with van der Waals surface area (Å²) in [5, 5.41) is 8.87. The zero-order chi connectivity index (χ0) is 22.8. The number of benzene rings is 1. The lowest BCUT2D eigenvalue weighted by Crippen LogP contribution is -2.50. The monoisotopic (exact) mass is 449 g/mol. The summed E-state index contributed by atoms with van der Waals surface area (Å²) in [6.45, 7) is 0.870. The number of hydrogen-bond donors (Lipinski definition) is 2. The third kappa shape index (κ3) is 4.42. The van der Waals surface area contributed by atoms with Crippen molar-refractivity contribution in [2.75, 3.05) is 6.26 Å². The van der Waals surface area contributed by atoms with E-state index in [4.69, 9.17) is 9.62 Å². The van der Waals surface area contributed by atoms with Gasteiger partial charge >= 0.3 is 0 Å². The van der Waals surface area contributed by atoms with Crippen LogP contribution in [0.2, 0.25) is 0 Å². The molecule has 0 aliphatic heterocycles. The minimum Gasteiger partial charge on any atom is -0.445 e. The van der Waals surface area contributed by atoms with Crippen LogP contribution in [0.1, 0.15) is 13.3 Å². The van der Waals surface area contributed by atoms with Crippen LogP contribution in [-0.2, 0) is 21.2 Å². The highest BCUT2D eigenvalue weighted by atomic mass is 32.2. The molecule has 0 bridgehead atoms. The second kappa shape index (κ2) is 8.44. The number of sulfone groups is 1. The third-order valence-electron chi connectivity index (χ3n) is 5.18. The predicted octanol–water partition coefficient (Wildman–Crippen LogP) is 2.01. The summed E-state index contributed by atoms with van der Waals surface area (Å²) in [6, 6.07) is 7.69. The summed E-state index contributed by atoms with van der Waals surface area (Å²) in [6.07, 6.45) is 4.39. The Hall–Kier alpha value is -3.31. The van der Waals surface area contributed by atoms with Gasteiger partial charge in [-0.3, -0.25) is 14.8 Å². The Bertz CT molecular complexity index is 1250. The molecular weight excluding hydrogens is 429 g/mol. The quantitative estimate of drug-likeness (QED) is 0.417. The molecule has 164 valence electrons. The number of aromatic nitrogens is 2. The molecule has 1 unspecified atom stereocenters. The van der Waals surface area contributed by atoms with Crippen LogP contribution < -0.4 is 11.0 Å². The van der Waals surface area contributed by atoms with Gasteiger partial charge in [0.05, 0.1) is 6.20 Å². The number of hydroxylamine groups is 1. The van der Waals surface area contributed by atoms with Gasteiger partial charge in [0.15, 0.2) is 14.6 Å². The number of rotatable bonds is 7. The second-order valence-electron chi connectivity index (χ2n) is 7.18. The van der Waals surface area contributed by atoms with Crippen molar-refractivity contribution in [1.29, 1.82) is 0 Å². The molecule has 0 spiro atoms. The van der Waals surface area contributed by atoms with Gasteiger partial charge in [0.2, 0.25) is 5.89 Å². The Morgan fingerprint density at radius 2 is 1.94 bits per heavy atom. The summed E-state index contributed by atoms with van der Waals surface area (Å²) in [4.78, 5) is 28.4. The first-order valence-corrected chi connectivity index (χ1v) is 11.0. The molecule has 1 aromatic carbocycles. The molecular formula is C20H20FN3O6S. The molecule has 3 aromatic rings. The molecule has 2 aromatic heterocycles. The maximum absolute atomic E-state index is 14.7. The number of halogens is 1. The van der Waals surface area contributed by atoms with Gasteiger partial charge < -0.3 is 8.98 Å². The van der Waals surface area contributed by atoms with E-state index in [9.17, 15) is 22.4 Å². The van der Waals surface area contributed by atoms with Gasteiger partial charge in [0, 0.05) is 36.2 Å². The second-order valence-corrected chi connectivity index (χ2v) is 9.62. The first-order chi connectivity index (χ1) is 14.6. The number of carbonyl (C=O) groups is 1. The van der Waals surface area contributed by atoms with Crippen LogP contribution in [0.4, 0.5) is 4.39 Å². The summed E-state index contributed by atoms with van der Waals surface area (Å²) in [5.41, 5.74) is 1.96. The van der Waals surface area contributed by atoms with Crippen LogP contribution in [0.5, 0.6) is 0 Å². The average molecular weight is 449 g/mol. The van der Waals surface area contributed by atoms with E-state index < -0.39 is 31.9 Å². The summed E-state index contributed by atoms with van der Waals surface area (Å²) < 4.78 is 43.0. The van der Waals surface area contributed by atoms with Crippen molar-refractivity contribution >= 4 is 15.7 Å². The largest absolute Gasteiger partial charge is 0.445 e. The highest BCUT2D eigenvalue weighted by Crippen LogP contribution is 2.26. The number of nitrogens with one attached hydrogen (secondary N) is 1. The Balaban J connectivity index is 1.87. The van der Waals surface area contributed by atoms with E-state index in [1.165, 1.54) is 17.9 Å². The lowest BCUT2D eigenvalue weighted by atomic mass is 10.0. The molecule has 0 aliphatic rings. The van der Waals surface area contributed by atoms with E-state index in [2.05, 4.69) is 4.98 Å². The molecule has 9 nitrogen and oxygen atoms in total. The van der Waals surface area contributed by atoms with Crippen molar-refractivity contribution in [2.24, 2.45) is 0 Å². The van der Waals surface area contributed by atoms with Gasteiger partial charge in [-0.2, -0.15) is 0 Å². The van der Waals surface area contributed by atoms with Gasteiger partial charge in [-0.25, -0.2) is 23.3 Å². The van der Waals surface area contributed by atoms with Crippen molar-refractivity contribution in [1.82, 2.24) is 15.0 Å². The molecule has 0 saturated heterocycles. The smallest absolute Gasteiger partial charge is 0.264 e. The molecule has 0 fully saturated rings. The van der Waals surface area contributed by atoms with Crippen LogP contribution in [0.3, 0.4) is 0 Å². The predicted molar refractivity (Wildman–Crippen MR) is 109 cm³/mol. The molecule has 1 amide bonds. The standard InChI is InChI=1S/C20H20FN3O6S/c1-20(19(26)23-27,31(2,28)29)7-9-24-12-16(21)15(11-17(24)25)13-3-5-14(6-4-13)18-22-8-10-30-18/h3-6,8,10-12,27H,7,9H2,1-2H3,(H,23,26). The van der Waals surface area contributed by atoms with Gasteiger partial charge in [-0.15, -0.1) is 0 Å². The van der Waals surface area contributed by atoms with Crippen LogP contribution >= 0.6 is 0 Å². The van der Waals surface area contributed by atoms with Crippen molar-refractivity contribution in [3.8, 4) is 22.6 Å². The first kappa shape index (κ1) is 22.4. The van der Waals surface area contributed by atoms with Crippen LogP contribution in [-0.4, -0.2) is 40.1 Å². The first-order valence-electron chi connectivity index (χ1n) is 9.11. The number of hydrogen-bond acceptors (Lipinski definition) is 7. The number of aryl methyl sites for hydroxylation is 1. The minimum atomic E-state index is -3.94. The Morgan fingerprint density at radius 3 is 2.48 bits per heavy atom. The lowest BCUT2D eigenvalue weighted by Gasteiger charge is -2.25. The Kier molecular flexibility index (Phi) is 6.09. The molecule has 0 radical (unpaired) electrons. The van der Waals surface area contributed by atoms with E-state index in [1.807, 2.05) is 0 Å². The summed E-state index contributed by atoms with van der Waals surface area (Å²) >= 11 is 0. The molecule has 0 aliphatic carbocycles. The molecule has 1 atom stereocenters. The fraction of sp³-hybridized carbons (Fsp3) is 0.250. The molecule has 11 heteroatoms. The van der Waals surface area contributed by atoms with Crippen molar-refractivity contribution in [3.63, 3.8) is 0 Å². The maximum atomic E-state index is 14.7. The lowest BCUT2D eigenvalue weighted by molar-refractivity contribution is -0.131. The zero-order valence-electron chi connectivity index (χ0n) is 16.7. The number of pyridine rings is 1. The van der Waals surface area contributed by atoms with Gasteiger partial charge in [0.1, 0.15) is 12.1 Å². The number of amides is 1. The van der Waals surface area contributed by atoms with Crippen LogP contribution in [0, 0.1) is 5.82 Å². The minimum absolute atomic E-state index is 0.0687. The van der Waals surface area contributed by atoms with E-state index in [-0.39, 0.29) is 18.5 Å². The number of oxazole rings is 1. The summed E-state index contributed by atoms with van der Waals surface area (Å²) in [7, 11) is -3.94. The third-order valence-corrected chi connectivity index (χ3v) is 7.21. The fourth-order valence-electron chi connectivity index (χ4n) is 3.02. The zero-order valence-corrected chi connectivity index (χ0v) is 17.5. The molecule has 2 N–H and O–H groups in total. The highest BCUT2D eigenvalue weighted by molar-refractivity contribution is 7.92. The van der Waals surface area contributed by atoms with Gasteiger partial charge in [0.25, 0.3) is 11.5 Å². The molecule has 31 heavy (non-hydrogen) atoms. The van der Waals surface area contributed by atoms with E-state index in [0.717, 1.165) is 30.0 Å². The molecule has 2 heterocycles. The SMILES string of the molecule is CC(CCn1cc(F)c(-c2ccc(-c3ncco3)cc2)cc1=O)(C(=O)NO)S(C)(=O)=O. The van der Waals surface area contributed by atoms with E-state index >= 15 is 0 Å². The number of nitrogens with zero attached hydrogens (tertiary/aromatic N) is 2. The highest BCUT2D eigenvalue weighted by Gasteiger charge is 2.43. The summed E-state index contributed by atoms with van der Waals surface area (Å²) in [5.74, 6) is -1.43. The van der Waals surface area contributed by atoms with Crippen molar-refractivity contribution in [3.05, 3.63) is 65.2 Å². The van der Waals surface area contributed by atoms with Crippen molar-refractivity contribution < 1.29 is 27.2 Å². The molecule has 3 rings (SSSR count).